The molecule has 2 aromatic carbocycles. The number of nitrogens with zero attached hydrogens (tertiary/aromatic N) is 4. The van der Waals surface area contributed by atoms with Crippen molar-refractivity contribution in [3.8, 4) is 0 Å². The molecule has 6 rings (SSSR count). The number of allylic oxidation sites excluding steroid dienone is 1. The fraction of sp³-hybridized carbons (Fsp3) is 0.303. The number of urea groups is 1. The SMILES string of the molecule is Cc1nccn1CCCC1=Cc2cc(Cl)ccc2C(C2CCN(C(=O)Nc3ccc(N)cc3)CC2)c2ncccc21. The predicted octanol–water partition coefficient (Wildman–Crippen LogP) is 7.23. The van der Waals surface area contributed by atoms with Crippen LogP contribution in [0.15, 0.2) is 73.2 Å². The standard InChI is InChI=1S/C33H35ClN6O/c1-22-36-15-19-39(22)16-3-4-24-20-25-21-26(34)6-11-29(25)31(32-30(24)5-2-14-37-32)23-12-17-40(18-13-23)33(41)38-28-9-7-27(35)8-10-28/h2,5-11,14-15,19-21,23,31H,3-4,12-13,16-18,35H2,1H3,(H,38,41). The average Bonchev–Trinajstić information content (AvgIpc) is 3.33. The molecule has 0 saturated carbocycles. The lowest BCUT2D eigenvalue weighted by Gasteiger charge is -2.36. The molecule has 7 nitrogen and oxygen atoms in total. The number of nitrogens with two attached hydrogens (primary N) is 1. The Morgan fingerprint density at radius 1 is 1.07 bits per heavy atom. The van der Waals surface area contributed by atoms with Crippen LogP contribution in [0.25, 0.3) is 11.6 Å². The third kappa shape index (κ3) is 5.86. The van der Waals surface area contributed by atoms with Crippen LogP contribution in [-0.2, 0) is 6.54 Å². The molecule has 3 N–H and O–H groups in total. The molecule has 0 bridgehead atoms. The second-order valence-corrected chi connectivity index (χ2v) is 11.4. The summed E-state index contributed by atoms with van der Waals surface area (Å²) in [5.74, 6) is 1.52. The number of carbonyl (C=O) groups excluding carboxylic acids is 1. The van der Waals surface area contributed by atoms with Gasteiger partial charge in [0, 0.05) is 60.5 Å². The Morgan fingerprint density at radius 2 is 1.88 bits per heavy atom. The Labute approximate surface area is 246 Å². The summed E-state index contributed by atoms with van der Waals surface area (Å²) in [5, 5.41) is 3.75. The molecule has 1 unspecified atom stereocenters. The van der Waals surface area contributed by atoms with E-state index in [0.717, 1.165) is 60.0 Å². The molecule has 1 aliphatic heterocycles. The number of nitrogens with one attached hydrogen (secondary N) is 1. The smallest absolute Gasteiger partial charge is 0.321 e. The first-order chi connectivity index (χ1) is 20.0. The lowest BCUT2D eigenvalue weighted by molar-refractivity contribution is 0.177. The second kappa shape index (κ2) is 11.8. The van der Waals surface area contributed by atoms with Gasteiger partial charge in [-0.1, -0.05) is 29.8 Å². The number of pyridine rings is 1. The first kappa shape index (κ1) is 27.1. The van der Waals surface area contributed by atoms with Crippen molar-refractivity contribution < 1.29 is 4.79 Å². The molecule has 1 aliphatic carbocycles. The molecule has 4 aromatic rings. The first-order valence-electron chi connectivity index (χ1n) is 14.3. The van der Waals surface area contributed by atoms with Gasteiger partial charge in [-0.3, -0.25) is 4.98 Å². The number of hydrogen-bond acceptors (Lipinski definition) is 4. The number of benzene rings is 2. The van der Waals surface area contributed by atoms with E-state index < -0.39 is 0 Å². The monoisotopic (exact) mass is 566 g/mol. The fourth-order valence-electron chi connectivity index (χ4n) is 6.27. The number of hydrogen-bond donors (Lipinski definition) is 2. The van der Waals surface area contributed by atoms with Crippen LogP contribution in [0.5, 0.6) is 0 Å². The van der Waals surface area contributed by atoms with Crippen molar-refractivity contribution in [1.29, 1.82) is 0 Å². The molecule has 1 saturated heterocycles. The highest BCUT2D eigenvalue weighted by molar-refractivity contribution is 6.30. The van der Waals surface area contributed by atoms with E-state index in [1.54, 1.807) is 12.1 Å². The summed E-state index contributed by atoms with van der Waals surface area (Å²) >= 11 is 6.53. The zero-order chi connectivity index (χ0) is 28.3. The number of aryl methyl sites for hydroxylation is 2. The molecule has 2 aliphatic rings. The van der Waals surface area contributed by atoms with Gasteiger partial charge in [-0.15, -0.1) is 0 Å². The van der Waals surface area contributed by atoms with Gasteiger partial charge in [-0.05, 0) is 103 Å². The van der Waals surface area contributed by atoms with Gasteiger partial charge in [0.25, 0.3) is 0 Å². The van der Waals surface area contributed by atoms with E-state index in [9.17, 15) is 4.79 Å². The molecule has 3 heterocycles. The van der Waals surface area contributed by atoms with E-state index in [2.05, 4.69) is 39.1 Å². The van der Waals surface area contributed by atoms with Crippen LogP contribution >= 0.6 is 11.6 Å². The van der Waals surface area contributed by atoms with Crippen LogP contribution in [-0.4, -0.2) is 38.6 Å². The van der Waals surface area contributed by atoms with Gasteiger partial charge in [0.1, 0.15) is 5.82 Å². The number of amides is 2. The molecule has 1 fully saturated rings. The highest BCUT2D eigenvalue weighted by Gasteiger charge is 2.35. The summed E-state index contributed by atoms with van der Waals surface area (Å²) in [6, 6.07) is 17.7. The predicted molar refractivity (Wildman–Crippen MR) is 166 cm³/mol. The molecule has 210 valence electrons. The number of carbonyl (C=O) groups is 1. The summed E-state index contributed by atoms with van der Waals surface area (Å²) in [6.45, 7) is 4.34. The molecule has 1 atom stereocenters. The Bertz CT molecular complexity index is 1570. The topological polar surface area (TPSA) is 89.1 Å². The van der Waals surface area contributed by atoms with E-state index in [1.165, 1.54) is 16.7 Å². The molecule has 2 aromatic heterocycles. The molecule has 0 radical (unpaired) electrons. The number of nitrogen functional groups attached to an aromatic ring is 1. The van der Waals surface area contributed by atoms with Crippen LogP contribution in [0.1, 0.15) is 59.8 Å². The number of rotatable bonds is 6. The van der Waals surface area contributed by atoms with Gasteiger partial charge >= 0.3 is 6.03 Å². The normalized spacial score (nSPS) is 16.9. The Kier molecular flexibility index (Phi) is 7.79. The van der Waals surface area contributed by atoms with Crippen LogP contribution in [0, 0.1) is 12.8 Å². The number of aromatic nitrogens is 3. The van der Waals surface area contributed by atoms with Crippen molar-refractivity contribution in [3.63, 3.8) is 0 Å². The second-order valence-electron chi connectivity index (χ2n) is 11.0. The van der Waals surface area contributed by atoms with Crippen LogP contribution < -0.4 is 11.1 Å². The molecule has 41 heavy (non-hydrogen) atoms. The van der Waals surface area contributed by atoms with Crippen molar-refractivity contribution in [1.82, 2.24) is 19.4 Å². The van der Waals surface area contributed by atoms with Gasteiger partial charge < -0.3 is 20.5 Å². The van der Waals surface area contributed by atoms with Crippen LogP contribution in [0.4, 0.5) is 16.2 Å². The lowest BCUT2D eigenvalue weighted by Crippen LogP contribution is -2.42. The first-order valence-corrected chi connectivity index (χ1v) is 14.7. The van der Waals surface area contributed by atoms with E-state index in [0.29, 0.717) is 24.7 Å². The average molecular weight is 567 g/mol. The van der Waals surface area contributed by atoms with Crippen molar-refractivity contribution in [2.45, 2.75) is 45.1 Å². The van der Waals surface area contributed by atoms with Crippen LogP contribution in [0.3, 0.4) is 0 Å². The minimum absolute atomic E-state index is 0.0723. The van der Waals surface area contributed by atoms with E-state index in [-0.39, 0.29) is 11.9 Å². The summed E-state index contributed by atoms with van der Waals surface area (Å²) in [7, 11) is 0. The maximum atomic E-state index is 13.0. The summed E-state index contributed by atoms with van der Waals surface area (Å²) in [5.41, 5.74) is 13.3. The van der Waals surface area contributed by atoms with E-state index >= 15 is 0 Å². The number of piperidine rings is 1. The van der Waals surface area contributed by atoms with Gasteiger partial charge in [0.2, 0.25) is 0 Å². The third-order valence-corrected chi connectivity index (χ3v) is 8.66. The van der Waals surface area contributed by atoms with Crippen molar-refractivity contribution in [2.24, 2.45) is 5.92 Å². The number of likely N-dealkylation sites (tertiary alicyclic amines) is 1. The van der Waals surface area contributed by atoms with E-state index in [1.807, 2.05) is 54.7 Å². The fourth-order valence-corrected chi connectivity index (χ4v) is 6.45. The van der Waals surface area contributed by atoms with Gasteiger partial charge in [-0.2, -0.15) is 0 Å². The molecular formula is C33H35ClN6O. The highest BCUT2D eigenvalue weighted by Crippen LogP contribution is 2.45. The van der Waals surface area contributed by atoms with E-state index in [4.69, 9.17) is 22.3 Å². The van der Waals surface area contributed by atoms with Crippen molar-refractivity contribution >= 4 is 40.7 Å². The molecule has 0 spiro atoms. The maximum Gasteiger partial charge on any atom is 0.321 e. The van der Waals surface area contributed by atoms with Gasteiger partial charge in [0.15, 0.2) is 0 Å². The lowest BCUT2D eigenvalue weighted by atomic mass is 9.76. The zero-order valence-corrected chi connectivity index (χ0v) is 24.0. The quantitative estimate of drug-likeness (QED) is 0.241. The molecular weight excluding hydrogens is 532 g/mol. The molecule has 2 amide bonds. The Hall–Kier alpha value is -4.10. The third-order valence-electron chi connectivity index (χ3n) is 8.42. The minimum Gasteiger partial charge on any atom is -0.399 e. The largest absolute Gasteiger partial charge is 0.399 e. The van der Waals surface area contributed by atoms with Gasteiger partial charge in [0.05, 0.1) is 5.69 Å². The minimum atomic E-state index is -0.0723. The van der Waals surface area contributed by atoms with Gasteiger partial charge in [-0.25, -0.2) is 9.78 Å². The number of imidazole rings is 1. The van der Waals surface area contributed by atoms with Crippen LogP contribution in [0.2, 0.25) is 5.02 Å². The number of fused-ring (bicyclic) bond motifs is 2. The summed E-state index contributed by atoms with van der Waals surface area (Å²) < 4.78 is 2.20. The number of halogens is 1. The number of anilines is 2. The Morgan fingerprint density at radius 3 is 2.63 bits per heavy atom. The highest BCUT2D eigenvalue weighted by atomic mass is 35.5. The van der Waals surface area contributed by atoms with Crippen molar-refractivity contribution in [2.75, 3.05) is 24.1 Å². The summed E-state index contributed by atoms with van der Waals surface area (Å²) in [4.78, 5) is 24.3. The maximum absolute atomic E-state index is 13.0. The summed E-state index contributed by atoms with van der Waals surface area (Å²) in [6.07, 6.45) is 11.8. The molecule has 8 heteroatoms. The Balaban J connectivity index is 1.23. The van der Waals surface area contributed by atoms with Crippen molar-refractivity contribution in [3.05, 3.63) is 106 Å². The zero-order valence-electron chi connectivity index (χ0n) is 23.3.